The van der Waals surface area contributed by atoms with Crippen molar-refractivity contribution >= 4 is 18.2 Å². The van der Waals surface area contributed by atoms with E-state index in [1.165, 1.54) is 33.6 Å². The van der Waals surface area contributed by atoms with Crippen molar-refractivity contribution in [2.75, 3.05) is 26.8 Å². The lowest BCUT2D eigenvalue weighted by Gasteiger charge is -2.50. The van der Waals surface area contributed by atoms with Crippen LogP contribution in [0.1, 0.15) is 73.3 Å². The van der Waals surface area contributed by atoms with E-state index in [9.17, 15) is 0 Å². The van der Waals surface area contributed by atoms with Gasteiger partial charge in [-0.2, -0.15) is 0 Å². The maximum Gasteiger partial charge on any atom is 0.0537 e. The van der Waals surface area contributed by atoms with Gasteiger partial charge in [0.2, 0.25) is 0 Å². The highest BCUT2D eigenvalue weighted by Crippen LogP contribution is 2.50. The van der Waals surface area contributed by atoms with Crippen molar-refractivity contribution in [2.45, 2.75) is 78.0 Å². The summed E-state index contributed by atoms with van der Waals surface area (Å²) in [4.78, 5) is 6.10. The Morgan fingerprint density at radius 1 is 1.22 bits per heavy atom. The monoisotopic (exact) mass is 454 g/mol. The molecule has 0 saturated carbocycles. The highest BCUT2D eigenvalue weighted by molar-refractivity contribution is 7.97. The number of hydrogen-bond acceptors (Lipinski definition) is 4. The molecule has 1 fully saturated rings. The summed E-state index contributed by atoms with van der Waals surface area (Å²) < 4.78 is 8.40. The van der Waals surface area contributed by atoms with Crippen LogP contribution >= 0.6 is 11.9 Å². The Labute approximate surface area is 200 Å². The fourth-order valence-corrected chi connectivity index (χ4v) is 5.99. The van der Waals surface area contributed by atoms with Crippen molar-refractivity contribution in [1.82, 2.24) is 4.31 Å². The number of piperidine rings is 1. The van der Waals surface area contributed by atoms with E-state index in [1.807, 2.05) is 19.1 Å². The first kappa shape index (κ1) is 25.3. The number of methoxy groups -OCH3 is 1. The Kier molecular flexibility index (Phi) is 8.11. The summed E-state index contributed by atoms with van der Waals surface area (Å²) in [5.74, 6) is 0.685. The van der Waals surface area contributed by atoms with E-state index in [0.29, 0.717) is 5.92 Å². The summed E-state index contributed by atoms with van der Waals surface area (Å²) >= 11 is 1.91. The van der Waals surface area contributed by atoms with Gasteiger partial charge in [0, 0.05) is 42.4 Å². The molecule has 1 aromatic carbocycles. The summed E-state index contributed by atoms with van der Waals surface area (Å²) in [6.45, 7) is 18.5. The number of allylic oxidation sites excluding steroid dienone is 4. The van der Waals surface area contributed by atoms with Gasteiger partial charge in [0.1, 0.15) is 0 Å². The van der Waals surface area contributed by atoms with Gasteiger partial charge in [-0.3, -0.25) is 4.99 Å². The normalized spacial score (nSPS) is 24.7. The van der Waals surface area contributed by atoms with Crippen LogP contribution in [0.5, 0.6) is 0 Å². The molecular formula is C28H42N2OS. The summed E-state index contributed by atoms with van der Waals surface area (Å²) in [5, 5.41) is 0. The molecule has 0 N–H and O–H groups in total. The second kappa shape index (κ2) is 10.3. The standard InChI is InChI=1S/C28H42N2OS/c1-20(2)22(4)29-17-23-16-28(19-31-8)18-30(14-13-25(28)15-21(23)3)32-26-11-9-24(10-12-26)27(5,6)7/h9-12,17,25H,13-16,18-19H2,1-8H3. The first-order valence-corrected chi connectivity index (χ1v) is 12.7. The van der Waals surface area contributed by atoms with E-state index >= 15 is 0 Å². The third kappa shape index (κ3) is 5.95. The van der Waals surface area contributed by atoms with Crippen LogP contribution in [-0.2, 0) is 10.2 Å². The van der Waals surface area contributed by atoms with E-state index in [1.54, 1.807) is 0 Å². The zero-order valence-corrected chi connectivity index (χ0v) is 22.2. The van der Waals surface area contributed by atoms with Crippen LogP contribution in [0, 0.1) is 11.3 Å². The van der Waals surface area contributed by atoms with E-state index in [0.717, 1.165) is 38.2 Å². The van der Waals surface area contributed by atoms with E-state index < -0.39 is 0 Å². The molecule has 3 nitrogen and oxygen atoms in total. The molecule has 2 aliphatic rings. The van der Waals surface area contributed by atoms with Crippen molar-refractivity contribution in [2.24, 2.45) is 16.3 Å². The molecule has 1 aromatic rings. The molecule has 176 valence electrons. The highest BCUT2D eigenvalue weighted by Gasteiger charge is 2.46. The fourth-order valence-electron chi connectivity index (χ4n) is 4.92. The van der Waals surface area contributed by atoms with Gasteiger partial charge in [0.25, 0.3) is 0 Å². The maximum absolute atomic E-state index is 5.83. The molecule has 2 unspecified atom stereocenters. The Morgan fingerprint density at radius 3 is 2.50 bits per heavy atom. The van der Waals surface area contributed by atoms with Crippen molar-refractivity contribution in [3.05, 3.63) is 52.2 Å². The Bertz CT molecular complexity index is 887. The average molecular weight is 455 g/mol. The average Bonchev–Trinajstić information content (AvgIpc) is 2.72. The first-order chi connectivity index (χ1) is 15.0. The number of ether oxygens (including phenoxy) is 1. The Hall–Kier alpha value is -1.36. The minimum Gasteiger partial charge on any atom is -0.384 e. The topological polar surface area (TPSA) is 24.8 Å². The number of aliphatic imine (C=N–C) groups is 1. The molecule has 1 aliphatic heterocycles. The lowest BCUT2D eigenvalue weighted by molar-refractivity contribution is -0.0126. The summed E-state index contributed by atoms with van der Waals surface area (Å²) in [6.07, 6.45) is 5.57. The maximum atomic E-state index is 5.83. The lowest BCUT2D eigenvalue weighted by Crippen LogP contribution is -2.51. The summed E-state index contributed by atoms with van der Waals surface area (Å²) in [6, 6.07) is 9.14. The van der Waals surface area contributed by atoms with Crippen molar-refractivity contribution in [3.8, 4) is 0 Å². The molecule has 1 heterocycles. The second-order valence-corrected chi connectivity index (χ2v) is 12.2. The molecule has 3 rings (SSSR count). The van der Waals surface area contributed by atoms with Gasteiger partial charge in [-0.05, 0) is 93.5 Å². The van der Waals surface area contributed by atoms with Gasteiger partial charge in [-0.15, -0.1) is 0 Å². The van der Waals surface area contributed by atoms with Gasteiger partial charge in [-0.1, -0.05) is 44.1 Å². The zero-order valence-electron chi connectivity index (χ0n) is 21.4. The molecule has 4 heteroatoms. The SMILES string of the molecule is COCC12CC(C=NC(C)=C(C)C)=C(C)CC1CCN(Sc1ccc(C(C)(C)C)cc1)C2. The first-order valence-electron chi connectivity index (χ1n) is 11.9. The molecule has 1 saturated heterocycles. The molecular weight excluding hydrogens is 412 g/mol. The van der Waals surface area contributed by atoms with Crippen LogP contribution in [0.4, 0.5) is 0 Å². The molecule has 32 heavy (non-hydrogen) atoms. The van der Waals surface area contributed by atoms with Crippen LogP contribution in [0.2, 0.25) is 0 Å². The minimum atomic E-state index is 0.158. The van der Waals surface area contributed by atoms with Crippen LogP contribution < -0.4 is 0 Å². The van der Waals surface area contributed by atoms with Crippen LogP contribution in [0.25, 0.3) is 0 Å². The van der Waals surface area contributed by atoms with Gasteiger partial charge in [0.05, 0.1) is 6.61 Å². The molecule has 0 spiro atoms. The van der Waals surface area contributed by atoms with Gasteiger partial charge in [-0.25, -0.2) is 4.31 Å². The van der Waals surface area contributed by atoms with E-state index in [2.05, 4.69) is 83.3 Å². The van der Waals surface area contributed by atoms with Gasteiger partial charge < -0.3 is 4.74 Å². The zero-order chi connectivity index (χ0) is 23.5. The highest BCUT2D eigenvalue weighted by atomic mass is 32.2. The molecule has 1 aliphatic carbocycles. The van der Waals surface area contributed by atoms with Crippen molar-refractivity contribution < 1.29 is 4.74 Å². The number of fused-ring (bicyclic) bond motifs is 1. The van der Waals surface area contributed by atoms with Gasteiger partial charge in [0.15, 0.2) is 0 Å². The molecule has 2 atom stereocenters. The third-order valence-electron chi connectivity index (χ3n) is 7.25. The van der Waals surface area contributed by atoms with E-state index in [-0.39, 0.29) is 10.8 Å². The Morgan fingerprint density at radius 2 is 1.91 bits per heavy atom. The smallest absolute Gasteiger partial charge is 0.0537 e. The van der Waals surface area contributed by atoms with E-state index in [4.69, 9.17) is 9.73 Å². The predicted molar refractivity (Wildman–Crippen MR) is 139 cm³/mol. The Balaban J connectivity index is 1.78. The fraction of sp³-hybridized carbons (Fsp3) is 0.607. The van der Waals surface area contributed by atoms with Crippen LogP contribution in [0.15, 0.2) is 56.6 Å². The van der Waals surface area contributed by atoms with Crippen molar-refractivity contribution in [3.63, 3.8) is 0 Å². The summed E-state index contributed by atoms with van der Waals surface area (Å²) in [7, 11) is 1.86. The largest absolute Gasteiger partial charge is 0.384 e. The van der Waals surface area contributed by atoms with Crippen molar-refractivity contribution in [1.29, 1.82) is 0 Å². The number of rotatable bonds is 6. The molecule has 0 radical (unpaired) electrons. The molecule has 0 aromatic heterocycles. The number of benzene rings is 1. The number of nitrogens with zero attached hydrogens (tertiary/aromatic N) is 2. The second-order valence-electron chi connectivity index (χ2n) is 11.0. The quantitative estimate of drug-likeness (QED) is 0.330. The van der Waals surface area contributed by atoms with Crippen LogP contribution in [-0.4, -0.2) is 37.3 Å². The molecule has 0 amide bonds. The predicted octanol–water partition coefficient (Wildman–Crippen LogP) is 7.44. The van der Waals surface area contributed by atoms with Gasteiger partial charge >= 0.3 is 0 Å². The minimum absolute atomic E-state index is 0.158. The molecule has 0 bridgehead atoms. The lowest BCUT2D eigenvalue weighted by atomic mass is 9.62. The number of hydrogen-bond donors (Lipinski definition) is 0. The summed E-state index contributed by atoms with van der Waals surface area (Å²) in [5.41, 5.74) is 7.04. The third-order valence-corrected chi connectivity index (χ3v) is 8.30. The van der Waals surface area contributed by atoms with Crippen LogP contribution in [0.3, 0.4) is 0 Å².